The molecule has 0 aliphatic carbocycles. The summed E-state index contributed by atoms with van der Waals surface area (Å²) in [7, 11) is 1.90. The van der Waals surface area contributed by atoms with Crippen LogP contribution >= 0.6 is 11.3 Å². The number of fused-ring (bicyclic) bond motifs is 3. The normalized spacial score (nSPS) is 27.2. The summed E-state index contributed by atoms with van der Waals surface area (Å²) in [5, 5.41) is 8.41. The molecule has 0 spiro atoms. The first-order chi connectivity index (χ1) is 10.2. The Kier molecular flexibility index (Phi) is 3.08. The summed E-state index contributed by atoms with van der Waals surface area (Å²) in [6.07, 6.45) is 4.34. The number of nitrogens with zero attached hydrogens (tertiary/aromatic N) is 2. The summed E-state index contributed by atoms with van der Waals surface area (Å²) in [6, 6.07) is 3.94. The lowest BCUT2D eigenvalue weighted by molar-refractivity contribution is 0.0878. The highest BCUT2D eigenvalue weighted by Gasteiger charge is 2.38. The van der Waals surface area contributed by atoms with Gasteiger partial charge in [0, 0.05) is 36.4 Å². The lowest BCUT2D eigenvalue weighted by Crippen LogP contribution is -2.45. The predicted molar refractivity (Wildman–Crippen MR) is 84.7 cm³/mol. The second-order valence-electron chi connectivity index (χ2n) is 5.84. The van der Waals surface area contributed by atoms with E-state index in [1.54, 1.807) is 17.5 Å². The second kappa shape index (κ2) is 4.96. The van der Waals surface area contributed by atoms with Crippen LogP contribution in [-0.4, -0.2) is 42.1 Å². The lowest BCUT2D eigenvalue weighted by Gasteiger charge is -2.25. The molecule has 2 fully saturated rings. The van der Waals surface area contributed by atoms with E-state index in [9.17, 15) is 4.79 Å². The highest BCUT2D eigenvalue weighted by molar-refractivity contribution is 7.22. The quantitative estimate of drug-likeness (QED) is 0.912. The number of pyridine rings is 1. The predicted octanol–water partition coefficient (Wildman–Crippen LogP) is 2.12. The third kappa shape index (κ3) is 2.28. The molecule has 21 heavy (non-hydrogen) atoms. The maximum Gasteiger partial charge on any atom is 0.271 e. The topological polar surface area (TPSA) is 57.3 Å². The third-order valence-electron chi connectivity index (χ3n) is 4.49. The zero-order chi connectivity index (χ0) is 14.4. The largest absolute Gasteiger partial charge is 0.380 e. The van der Waals surface area contributed by atoms with Crippen molar-refractivity contribution in [3.8, 4) is 0 Å². The van der Waals surface area contributed by atoms with E-state index < -0.39 is 0 Å². The van der Waals surface area contributed by atoms with Crippen LogP contribution in [0, 0.1) is 5.92 Å². The number of hydrogen-bond donors (Lipinski definition) is 2. The Bertz CT molecular complexity index is 698. The molecule has 110 valence electrons. The van der Waals surface area contributed by atoms with Gasteiger partial charge in [0.2, 0.25) is 0 Å². The van der Waals surface area contributed by atoms with E-state index in [0.717, 1.165) is 40.5 Å². The van der Waals surface area contributed by atoms with Crippen molar-refractivity contribution in [1.29, 1.82) is 0 Å². The van der Waals surface area contributed by atoms with Crippen LogP contribution in [0.3, 0.4) is 0 Å². The molecule has 0 radical (unpaired) electrons. The summed E-state index contributed by atoms with van der Waals surface area (Å²) in [6.45, 7) is 2.24. The molecule has 2 aliphatic rings. The fourth-order valence-corrected chi connectivity index (χ4v) is 4.28. The first-order valence-electron chi connectivity index (χ1n) is 7.35. The minimum atomic E-state index is -0.0612. The van der Waals surface area contributed by atoms with Gasteiger partial charge in [-0.05, 0) is 30.9 Å². The number of carbonyl (C=O) groups is 1. The Morgan fingerprint density at radius 1 is 1.48 bits per heavy atom. The first-order valence-corrected chi connectivity index (χ1v) is 8.17. The Hall–Kier alpha value is -1.66. The van der Waals surface area contributed by atoms with E-state index >= 15 is 0 Å². The van der Waals surface area contributed by atoms with Gasteiger partial charge in [0.15, 0.2) is 0 Å². The molecule has 0 saturated carbocycles. The Balaban J connectivity index is 1.53. The molecule has 2 bridgehead atoms. The number of aromatic nitrogens is 1. The van der Waals surface area contributed by atoms with Crippen LogP contribution in [-0.2, 0) is 0 Å². The maximum absolute atomic E-state index is 12.4. The third-order valence-corrected chi connectivity index (χ3v) is 5.61. The summed E-state index contributed by atoms with van der Waals surface area (Å²) < 4.78 is 1.09. The van der Waals surface area contributed by atoms with Crippen LogP contribution in [0.15, 0.2) is 18.3 Å². The molecule has 4 heterocycles. The van der Waals surface area contributed by atoms with Gasteiger partial charge in [-0.25, -0.2) is 0 Å². The van der Waals surface area contributed by atoms with Gasteiger partial charge in [0.25, 0.3) is 5.91 Å². The van der Waals surface area contributed by atoms with Gasteiger partial charge in [0.05, 0.1) is 11.2 Å². The molecular formula is C15H18N4OS. The molecule has 2 aliphatic heterocycles. The van der Waals surface area contributed by atoms with E-state index in [1.165, 1.54) is 6.42 Å². The minimum Gasteiger partial charge on any atom is -0.380 e. The van der Waals surface area contributed by atoms with Crippen molar-refractivity contribution in [3.63, 3.8) is 0 Å². The van der Waals surface area contributed by atoms with Crippen LogP contribution in [0.25, 0.3) is 10.1 Å². The minimum absolute atomic E-state index is 0.0612. The smallest absolute Gasteiger partial charge is 0.271 e. The van der Waals surface area contributed by atoms with Gasteiger partial charge in [-0.15, -0.1) is 11.3 Å². The van der Waals surface area contributed by atoms with Crippen molar-refractivity contribution in [2.24, 2.45) is 5.92 Å². The monoisotopic (exact) mass is 302 g/mol. The first kappa shape index (κ1) is 13.0. The van der Waals surface area contributed by atoms with Crippen LogP contribution in [0.5, 0.6) is 0 Å². The molecule has 2 aromatic rings. The summed E-state index contributed by atoms with van der Waals surface area (Å²) in [4.78, 5) is 19.1. The molecule has 3 unspecified atom stereocenters. The van der Waals surface area contributed by atoms with E-state index in [4.69, 9.17) is 0 Å². The van der Waals surface area contributed by atoms with Gasteiger partial charge >= 0.3 is 0 Å². The van der Waals surface area contributed by atoms with Gasteiger partial charge in [-0.3, -0.25) is 14.7 Å². The zero-order valence-corrected chi connectivity index (χ0v) is 12.7. The zero-order valence-electron chi connectivity index (χ0n) is 11.9. The van der Waals surface area contributed by atoms with E-state index in [1.807, 2.05) is 13.1 Å². The van der Waals surface area contributed by atoms with Gasteiger partial charge < -0.3 is 10.6 Å². The summed E-state index contributed by atoms with van der Waals surface area (Å²) >= 11 is 1.64. The fourth-order valence-electron chi connectivity index (χ4n) is 3.36. The number of nitrogens with one attached hydrogen (secondary N) is 2. The van der Waals surface area contributed by atoms with Gasteiger partial charge in [-0.2, -0.15) is 0 Å². The number of anilines is 1. The van der Waals surface area contributed by atoms with Gasteiger partial charge in [-0.1, -0.05) is 0 Å². The molecule has 2 saturated heterocycles. The summed E-state index contributed by atoms with van der Waals surface area (Å²) in [5.41, 5.74) is 0.510. The maximum atomic E-state index is 12.4. The highest BCUT2D eigenvalue weighted by Crippen LogP contribution is 2.32. The Morgan fingerprint density at radius 2 is 2.38 bits per heavy atom. The average Bonchev–Trinajstić information content (AvgIpc) is 3.20. The lowest BCUT2D eigenvalue weighted by atomic mass is 10.0. The van der Waals surface area contributed by atoms with Crippen LogP contribution in [0.1, 0.15) is 23.3 Å². The molecule has 0 aromatic carbocycles. The number of amides is 1. The van der Waals surface area contributed by atoms with E-state index in [-0.39, 0.29) is 12.1 Å². The second-order valence-corrected chi connectivity index (χ2v) is 6.93. The standard InChI is InChI=1S/C15H18N4OS/c1-16-14-5-10-7-17-11(6-12(10)21-14)15(20)18-13-4-9-2-3-19(13)8-9/h5-7,9,13,16H,2-4,8H2,1H3,(H,18,20). The average molecular weight is 302 g/mol. The molecule has 3 atom stereocenters. The van der Waals surface area contributed by atoms with Crippen molar-refractivity contribution in [2.45, 2.75) is 19.0 Å². The van der Waals surface area contributed by atoms with Crippen molar-refractivity contribution in [3.05, 3.63) is 24.0 Å². The molecular weight excluding hydrogens is 284 g/mol. The SMILES string of the molecule is CNc1cc2cnc(C(=O)NC3CC4CCN3C4)cc2s1. The molecule has 2 aromatic heterocycles. The number of rotatable bonds is 3. The molecule has 2 N–H and O–H groups in total. The molecule has 4 rings (SSSR count). The number of hydrogen-bond acceptors (Lipinski definition) is 5. The van der Waals surface area contributed by atoms with E-state index in [2.05, 4.69) is 26.6 Å². The summed E-state index contributed by atoms with van der Waals surface area (Å²) in [5.74, 6) is 0.704. The van der Waals surface area contributed by atoms with Crippen LogP contribution < -0.4 is 10.6 Å². The van der Waals surface area contributed by atoms with Crippen molar-refractivity contribution in [2.75, 3.05) is 25.5 Å². The van der Waals surface area contributed by atoms with Crippen molar-refractivity contribution >= 4 is 32.3 Å². The van der Waals surface area contributed by atoms with Crippen molar-refractivity contribution in [1.82, 2.24) is 15.2 Å². The van der Waals surface area contributed by atoms with Crippen LogP contribution in [0.4, 0.5) is 5.00 Å². The number of thiophene rings is 1. The fraction of sp³-hybridized carbons (Fsp3) is 0.467. The Morgan fingerprint density at radius 3 is 3.10 bits per heavy atom. The number of carbonyl (C=O) groups excluding carboxylic acids is 1. The Labute approximate surface area is 127 Å². The molecule has 6 heteroatoms. The van der Waals surface area contributed by atoms with Gasteiger partial charge in [0.1, 0.15) is 5.69 Å². The van der Waals surface area contributed by atoms with Crippen LogP contribution in [0.2, 0.25) is 0 Å². The highest BCUT2D eigenvalue weighted by atomic mass is 32.1. The van der Waals surface area contributed by atoms with Crippen molar-refractivity contribution < 1.29 is 4.79 Å². The number of piperidine rings is 1. The van der Waals surface area contributed by atoms with E-state index in [0.29, 0.717) is 5.69 Å². The molecule has 5 nitrogen and oxygen atoms in total. The molecule has 1 amide bonds.